The van der Waals surface area contributed by atoms with Gasteiger partial charge in [0.25, 0.3) is 0 Å². The molecule has 2 aromatic carbocycles. The van der Waals surface area contributed by atoms with Gasteiger partial charge in [0.05, 0.1) is 0 Å². The minimum Gasteiger partial charge on any atom is -0.692 e. The summed E-state index contributed by atoms with van der Waals surface area (Å²) in [6.07, 6.45) is 2.86. The van der Waals surface area contributed by atoms with Crippen LogP contribution in [0.4, 0.5) is 0 Å². The van der Waals surface area contributed by atoms with Gasteiger partial charge in [0, 0.05) is 10.5 Å². The Bertz CT molecular complexity index is 640. The van der Waals surface area contributed by atoms with Crippen molar-refractivity contribution in [3.05, 3.63) is 60.1 Å². The van der Waals surface area contributed by atoms with Crippen LogP contribution in [0.5, 0.6) is 0 Å². The van der Waals surface area contributed by atoms with E-state index in [-0.39, 0.29) is 0 Å². The van der Waals surface area contributed by atoms with E-state index in [4.69, 9.17) is 0 Å². The highest BCUT2D eigenvalue weighted by molar-refractivity contribution is 5.89. The summed E-state index contributed by atoms with van der Waals surface area (Å²) >= 11 is 0. The molecule has 78 valence electrons. The summed E-state index contributed by atoms with van der Waals surface area (Å²) in [5, 5.41) is 17.6. The van der Waals surface area contributed by atoms with E-state index in [2.05, 4.69) is 5.10 Å². The minimum absolute atomic E-state index is 0.710. The number of fused-ring (bicyclic) bond motifs is 1. The first-order valence-corrected chi connectivity index (χ1v) is 4.98. The lowest BCUT2D eigenvalue weighted by molar-refractivity contribution is -0.688. The minimum atomic E-state index is 0.710. The molecule has 0 unspecified atom stereocenters. The number of nitrogens with zero attached hydrogens (tertiary/aromatic N) is 3. The summed E-state index contributed by atoms with van der Waals surface area (Å²) in [5.74, 6) is 0. The van der Waals surface area contributed by atoms with Crippen molar-refractivity contribution in [1.29, 1.82) is 0 Å². The van der Waals surface area contributed by atoms with E-state index in [9.17, 15) is 5.21 Å². The van der Waals surface area contributed by atoms with Crippen molar-refractivity contribution in [2.24, 2.45) is 0 Å². The monoisotopic (exact) mass is 211 g/mol. The Kier molecular flexibility index (Phi) is 1.86. The molecule has 0 bridgehead atoms. The zero-order valence-electron chi connectivity index (χ0n) is 8.45. The van der Waals surface area contributed by atoms with Gasteiger partial charge in [0.15, 0.2) is 6.20 Å². The van der Waals surface area contributed by atoms with Gasteiger partial charge in [-0.3, -0.25) is 0 Å². The molecule has 0 aliphatic carbocycles. The number of hydrogen-bond donors (Lipinski definition) is 0. The molecule has 0 saturated heterocycles. The molecular weight excluding hydrogens is 202 g/mol. The van der Waals surface area contributed by atoms with Gasteiger partial charge in [-0.15, -0.1) is 0 Å². The normalized spacial score (nSPS) is 10.8. The van der Waals surface area contributed by atoms with Crippen LogP contribution < -0.4 is 4.85 Å². The second kappa shape index (κ2) is 3.34. The first kappa shape index (κ1) is 8.91. The summed E-state index contributed by atoms with van der Waals surface area (Å²) < 4.78 is 0. The van der Waals surface area contributed by atoms with Crippen LogP contribution in [-0.2, 0) is 0 Å². The number of rotatable bonds is 1. The largest absolute Gasteiger partial charge is 0.692 e. The third-order valence-electron chi connectivity index (χ3n) is 2.54. The number of aromatic nitrogens is 3. The highest BCUT2D eigenvalue weighted by Crippen LogP contribution is 2.20. The molecule has 4 nitrogen and oxygen atoms in total. The third kappa shape index (κ3) is 1.24. The Morgan fingerprint density at radius 3 is 2.69 bits per heavy atom. The van der Waals surface area contributed by atoms with Crippen LogP contribution >= 0.6 is 0 Å². The lowest BCUT2D eigenvalue weighted by Crippen LogP contribution is -2.36. The molecule has 4 heteroatoms. The smallest absolute Gasteiger partial charge is 0.207 e. The van der Waals surface area contributed by atoms with Crippen molar-refractivity contribution < 1.29 is 4.85 Å². The molecule has 1 heterocycles. The molecule has 3 rings (SSSR count). The Labute approximate surface area is 91.9 Å². The van der Waals surface area contributed by atoms with Crippen LogP contribution in [0.15, 0.2) is 54.9 Å². The molecular formula is C12H9N3O. The van der Waals surface area contributed by atoms with Gasteiger partial charge in [-0.05, 0) is 16.2 Å². The first-order valence-electron chi connectivity index (χ1n) is 4.98. The van der Waals surface area contributed by atoms with E-state index < -0.39 is 0 Å². The van der Waals surface area contributed by atoms with E-state index in [0.29, 0.717) is 4.85 Å². The quantitative estimate of drug-likeness (QED) is 0.454. The maximum Gasteiger partial charge on any atom is 0.207 e. The van der Waals surface area contributed by atoms with Crippen LogP contribution in [0.2, 0.25) is 0 Å². The molecule has 0 saturated carbocycles. The van der Waals surface area contributed by atoms with Gasteiger partial charge >= 0.3 is 0 Å². The standard InChI is InChI=1S/C12H9N3O/c16-14-9-8-13-15(14)12-7-3-5-10-4-1-2-6-11(10)12/h1-9H. The number of benzene rings is 2. The maximum absolute atomic E-state index is 11.5. The van der Waals surface area contributed by atoms with Crippen LogP contribution in [0, 0.1) is 5.21 Å². The second-order valence-electron chi connectivity index (χ2n) is 3.50. The molecule has 0 fully saturated rings. The van der Waals surface area contributed by atoms with Crippen molar-refractivity contribution in [3.8, 4) is 5.69 Å². The highest BCUT2D eigenvalue weighted by Gasteiger charge is 2.09. The van der Waals surface area contributed by atoms with Gasteiger partial charge in [-0.2, -0.15) is 4.85 Å². The lowest BCUT2D eigenvalue weighted by atomic mass is 10.1. The van der Waals surface area contributed by atoms with E-state index in [0.717, 1.165) is 16.5 Å². The van der Waals surface area contributed by atoms with Gasteiger partial charge in [0.1, 0.15) is 5.69 Å². The molecule has 0 spiro atoms. The summed E-state index contributed by atoms with van der Waals surface area (Å²) in [4.78, 5) is 2.05. The predicted octanol–water partition coefficient (Wildman–Crippen LogP) is 1.66. The molecule has 16 heavy (non-hydrogen) atoms. The van der Waals surface area contributed by atoms with Crippen LogP contribution in [0.3, 0.4) is 0 Å². The second-order valence-corrected chi connectivity index (χ2v) is 3.50. The maximum atomic E-state index is 11.5. The van der Waals surface area contributed by atoms with Crippen LogP contribution in [0.25, 0.3) is 16.5 Å². The third-order valence-corrected chi connectivity index (χ3v) is 2.54. The molecule has 0 aliphatic rings. The van der Waals surface area contributed by atoms with Gasteiger partial charge in [-0.25, -0.2) is 0 Å². The van der Waals surface area contributed by atoms with Crippen LogP contribution in [-0.4, -0.2) is 9.90 Å². The average molecular weight is 211 g/mol. The fraction of sp³-hybridized carbons (Fsp3) is 0. The zero-order chi connectivity index (χ0) is 11.0. The summed E-state index contributed by atoms with van der Waals surface area (Å²) in [7, 11) is 0. The Morgan fingerprint density at radius 1 is 1.06 bits per heavy atom. The van der Waals surface area contributed by atoms with Gasteiger partial charge in [0.2, 0.25) is 6.20 Å². The zero-order valence-corrected chi connectivity index (χ0v) is 8.45. The molecule has 0 atom stereocenters. The Hall–Kier alpha value is -2.36. The molecule has 1 aromatic heterocycles. The molecule has 0 aliphatic heterocycles. The van der Waals surface area contributed by atoms with E-state index >= 15 is 0 Å². The average Bonchev–Trinajstić information content (AvgIpc) is 2.75. The Balaban J connectivity index is 2.36. The van der Waals surface area contributed by atoms with Gasteiger partial charge < -0.3 is 5.21 Å². The first-order chi connectivity index (χ1) is 7.86. The highest BCUT2D eigenvalue weighted by atomic mass is 16.5. The van der Waals surface area contributed by atoms with Crippen molar-refractivity contribution in [1.82, 2.24) is 9.90 Å². The topological polar surface area (TPSA) is 44.8 Å². The molecule has 3 aromatic rings. The lowest BCUT2D eigenvalue weighted by Gasteiger charge is -2.06. The molecule has 0 N–H and O–H groups in total. The summed E-state index contributed by atoms with van der Waals surface area (Å²) in [6, 6.07) is 13.7. The van der Waals surface area contributed by atoms with Crippen molar-refractivity contribution in [3.63, 3.8) is 0 Å². The van der Waals surface area contributed by atoms with Crippen molar-refractivity contribution in [2.45, 2.75) is 0 Å². The van der Waals surface area contributed by atoms with E-state index in [1.807, 2.05) is 42.5 Å². The van der Waals surface area contributed by atoms with Gasteiger partial charge in [-0.1, -0.05) is 36.4 Å². The molecule has 0 radical (unpaired) electrons. The SMILES string of the molecule is [O-][n+]1ccnn1-c1cccc2ccccc12. The number of hydrogen-bond acceptors (Lipinski definition) is 2. The van der Waals surface area contributed by atoms with E-state index in [1.54, 1.807) is 0 Å². The Morgan fingerprint density at radius 2 is 1.88 bits per heavy atom. The summed E-state index contributed by atoms with van der Waals surface area (Å²) in [6.45, 7) is 0. The fourth-order valence-electron chi connectivity index (χ4n) is 1.82. The van der Waals surface area contributed by atoms with Crippen LogP contribution in [0.1, 0.15) is 0 Å². The predicted molar refractivity (Wildman–Crippen MR) is 60.0 cm³/mol. The molecule has 0 amide bonds. The summed E-state index contributed by atoms with van der Waals surface area (Å²) in [5.41, 5.74) is 0.790. The van der Waals surface area contributed by atoms with Crippen molar-refractivity contribution >= 4 is 10.8 Å². The van der Waals surface area contributed by atoms with E-state index in [1.165, 1.54) is 17.2 Å². The van der Waals surface area contributed by atoms with Crippen molar-refractivity contribution in [2.75, 3.05) is 0 Å². The fourth-order valence-corrected chi connectivity index (χ4v) is 1.82.